The van der Waals surface area contributed by atoms with E-state index in [1.165, 1.54) is 0 Å². The van der Waals surface area contributed by atoms with Gasteiger partial charge in [0, 0.05) is 31.6 Å². The van der Waals surface area contributed by atoms with Crippen LogP contribution in [0.3, 0.4) is 0 Å². The number of fused-ring (bicyclic) bond motifs is 2. The summed E-state index contributed by atoms with van der Waals surface area (Å²) in [5.74, 6) is 0.517. The first kappa shape index (κ1) is 26.2. The lowest BCUT2D eigenvalue weighted by atomic mass is 9.82. The highest BCUT2D eigenvalue weighted by atomic mass is 16.7. The first-order valence-electron chi connectivity index (χ1n) is 13.5. The number of carbonyl (C=O) groups is 2. The van der Waals surface area contributed by atoms with Crippen LogP contribution < -0.4 is 18.9 Å². The maximum atomic E-state index is 13.6. The molecule has 1 N–H and O–H groups in total. The summed E-state index contributed by atoms with van der Waals surface area (Å²) >= 11 is 0. The van der Waals surface area contributed by atoms with E-state index in [0.717, 1.165) is 36.8 Å². The molecule has 0 radical (unpaired) electrons. The van der Waals surface area contributed by atoms with Crippen LogP contribution in [0.2, 0.25) is 0 Å². The molecule has 9 heteroatoms. The number of likely N-dealkylation sites (tertiary alicyclic amines) is 1. The van der Waals surface area contributed by atoms with Gasteiger partial charge in [0.15, 0.2) is 23.0 Å². The summed E-state index contributed by atoms with van der Waals surface area (Å²) in [7, 11) is 0. The Morgan fingerprint density at radius 3 is 2.00 bits per heavy atom. The Morgan fingerprint density at radius 2 is 1.42 bits per heavy atom. The number of carboxylic acid groups (broad SMARTS) is 1. The van der Waals surface area contributed by atoms with Gasteiger partial charge in [-0.25, -0.2) is 0 Å². The van der Waals surface area contributed by atoms with E-state index in [1.807, 2.05) is 46.2 Å². The largest absolute Gasteiger partial charge is 0.481 e. The zero-order valence-electron chi connectivity index (χ0n) is 22.1. The van der Waals surface area contributed by atoms with E-state index in [4.69, 9.17) is 18.9 Å². The van der Waals surface area contributed by atoms with Crippen LogP contribution in [0.5, 0.6) is 23.0 Å². The molecule has 1 saturated heterocycles. The lowest BCUT2D eigenvalue weighted by Gasteiger charge is -2.30. The second-order valence-corrected chi connectivity index (χ2v) is 10.2. The summed E-state index contributed by atoms with van der Waals surface area (Å²) in [5, 5.41) is 10.5. The fraction of sp³-hybridized carbons (Fsp3) is 0.517. The highest BCUT2D eigenvalue weighted by molar-refractivity contribution is 5.79. The van der Waals surface area contributed by atoms with Crippen LogP contribution in [0.1, 0.15) is 62.6 Å². The van der Waals surface area contributed by atoms with Crippen LogP contribution in [0.4, 0.5) is 0 Å². The molecule has 204 valence electrons. The molecule has 0 saturated carbocycles. The van der Waals surface area contributed by atoms with Gasteiger partial charge in [-0.2, -0.15) is 0 Å². The number of hydrogen-bond donors (Lipinski definition) is 1. The van der Waals surface area contributed by atoms with Crippen LogP contribution in [-0.4, -0.2) is 66.5 Å². The van der Waals surface area contributed by atoms with Crippen molar-refractivity contribution in [1.82, 2.24) is 9.80 Å². The molecule has 1 fully saturated rings. The fourth-order valence-electron chi connectivity index (χ4n) is 5.70. The minimum Gasteiger partial charge on any atom is -0.481 e. The number of ether oxygens (including phenoxy) is 4. The molecule has 3 atom stereocenters. The molecule has 3 heterocycles. The Morgan fingerprint density at radius 1 is 0.868 bits per heavy atom. The zero-order chi connectivity index (χ0) is 26.6. The molecule has 0 aliphatic carbocycles. The standard InChI is InChI=1S/C29H36N2O7/c1-3-5-11-30(12-6-4-2)26(32)16-31-15-21(19-7-9-22-24(13-19)37-17-35-22)27(29(33)34)28(31)20-8-10-23-25(14-20)38-18-36-23/h7-10,13-14,21,27-28H,3-6,11-12,15-18H2,1-2H3,(H,33,34). The summed E-state index contributed by atoms with van der Waals surface area (Å²) in [4.78, 5) is 30.4. The smallest absolute Gasteiger partial charge is 0.309 e. The number of carboxylic acids is 1. The van der Waals surface area contributed by atoms with Crippen molar-refractivity contribution < 1.29 is 33.6 Å². The van der Waals surface area contributed by atoms with E-state index in [-0.39, 0.29) is 32.0 Å². The minimum atomic E-state index is -0.904. The number of nitrogens with zero attached hydrogens (tertiary/aromatic N) is 2. The molecule has 3 unspecified atom stereocenters. The van der Waals surface area contributed by atoms with Crippen molar-refractivity contribution in [2.45, 2.75) is 51.5 Å². The van der Waals surface area contributed by atoms with Gasteiger partial charge >= 0.3 is 5.97 Å². The van der Waals surface area contributed by atoms with E-state index in [9.17, 15) is 14.7 Å². The quantitative estimate of drug-likeness (QED) is 0.462. The van der Waals surface area contributed by atoms with Gasteiger partial charge in [-0.3, -0.25) is 14.5 Å². The maximum Gasteiger partial charge on any atom is 0.309 e. The van der Waals surface area contributed by atoms with Crippen LogP contribution in [0.15, 0.2) is 36.4 Å². The summed E-state index contributed by atoms with van der Waals surface area (Å²) in [6.07, 6.45) is 3.90. The Hall–Kier alpha value is -3.46. The summed E-state index contributed by atoms with van der Waals surface area (Å²) in [5.41, 5.74) is 1.66. The van der Waals surface area contributed by atoms with Gasteiger partial charge in [-0.15, -0.1) is 0 Å². The van der Waals surface area contributed by atoms with Crippen LogP contribution >= 0.6 is 0 Å². The fourth-order valence-corrected chi connectivity index (χ4v) is 5.70. The highest BCUT2D eigenvalue weighted by Crippen LogP contribution is 2.49. The van der Waals surface area contributed by atoms with Crippen LogP contribution in [0.25, 0.3) is 0 Å². The molecule has 2 aromatic carbocycles. The second kappa shape index (κ2) is 11.5. The van der Waals surface area contributed by atoms with E-state index in [0.29, 0.717) is 42.6 Å². The van der Waals surface area contributed by atoms with Gasteiger partial charge in [0.2, 0.25) is 19.5 Å². The molecule has 3 aliphatic heterocycles. The van der Waals surface area contributed by atoms with Crippen molar-refractivity contribution in [3.05, 3.63) is 47.5 Å². The van der Waals surface area contributed by atoms with E-state index in [1.54, 1.807) is 0 Å². The third-order valence-electron chi connectivity index (χ3n) is 7.70. The van der Waals surface area contributed by atoms with Crippen molar-refractivity contribution in [2.24, 2.45) is 5.92 Å². The zero-order valence-corrected chi connectivity index (χ0v) is 22.1. The van der Waals surface area contributed by atoms with Crippen molar-refractivity contribution in [3.8, 4) is 23.0 Å². The number of unbranched alkanes of at least 4 members (excludes halogenated alkanes) is 2. The number of rotatable bonds is 11. The number of hydrogen-bond acceptors (Lipinski definition) is 7. The summed E-state index contributed by atoms with van der Waals surface area (Å²) in [6, 6.07) is 10.7. The average molecular weight is 525 g/mol. The normalized spacial score (nSPS) is 21.6. The Kier molecular flexibility index (Phi) is 7.93. The lowest BCUT2D eigenvalue weighted by molar-refractivity contribution is -0.144. The first-order chi connectivity index (χ1) is 18.5. The molecule has 0 bridgehead atoms. The number of amides is 1. The monoisotopic (exact) mass is 524 g/mol. The van der Waals surface area contributed by atoms with Crippen molar-refractivity contribution in [3.63, 3.8) is 0 Å². The topological polar surface area (TPSA) is 97.8 Å². The summed E-state index contributed by atoms with van der Waals surface area (Å²) < 4.78 is 22.1. The Labute approximate surface area is 223 Å². The highest BCUT2D eigenvalue weighted by Gasteiger charge is 2.48. The van der Waals surface area contributed by atoms with E-state index >= 15 is 0 Å². The van der Waals surface area contributed by atoms with E-state index in [2.05, 4.69) is 13.8 Å². The summed E-state index contributed by atoms with van der Waals surface area (Å²) in [6.45, 7) is 6.53. The number of carbonyl (C=O) groups excluding carboxylic acids is 1. The Balaban J connectivity index is 1.49. The molecule has 5 rings (SSSR count). The molecular formula is C29H36N2O7. The molecule has 3 aliphatic rings. The van der Waals surface area contributed by atoms with Crippen LogP contribution in [0, 0.1) is 5.92 Å². The third-order valence-corrected chi connectivity index (χ3v) is 7.70. The number of benzene rings is 2. The van der Waals surface area contributed by atoms with Gasteiger partial charge in [-0.1, -0.05) is 38.8 Å². The molecule has 38 heavy (non-hydrogen) atoms. The van der Waals surface area contributed by atoms with Crippen molar-refractivity contribution in [1.29, 1.82) is 0 Å². The minimum absolute atomic E-state index is 0.0353. The van der Waals surface area contributed by atoms with Crippen molar-refractivity contribution >= 4 is 11.9 Å². The molecule has 0 aromatic heterocycles. The van der Waals surface area contributed by atoms with Gasteiger partial charge in [0.25, 0.3) is 0 Å². The molecule has 0 spiro atoms. The Bertz CT molecular complexity index is 1160. The SMILES string of the molecule is CCCCN(CCCC)C(=O)CN1CC(c2ccc3c(c2)OCO3)C(C(=O)O)C1c1ccc2c(c1)OCO2. The maximum absolute atomic E-state index is 13.6. The van der Waals surface area contributed by atoms with Gasteiger partial charge in [0.05, 0.1) is 12.5 Å². The first-order valence-corrected chi connectivity index (χ1v) is 13.5. The van der Waals surface area contributed by atoms with Gasteiger partial charge in [0.1, 0.15) is 0 Å². The predicted octanol–water partition coefficient (Wildman–Crippen LogP) is 4.41. The molecular weight excluding hydrogens is 488 g/mol. The van der Waals surface area contributed by atoms with E-state index < -0.39 is 17.9 Å². The predicted molar refractivity (Wildman–Crippen MR) is 140 cm³/mol. The van der Waals surface area contributed by atoms with Gasteiger partial charge < -0.3 is 29.0 Å². The molecule has 2 aromatic rings. The molecule has 9 nitrogen and oxygen atoms in total. The lowest BCUT2D eigenvalue weighted by Crippen LogP contribution is -2.42. The van der Waals surface area contributed by atoms with Crippen molar-refractivity contribution in [2.75, 3.05) is 39.8 Å². The second-order valence-electron chi connectivity index (χ2n) is 10.2. The van der Waals surface area contributed by atoms with Crippen LogP contribution in [-0.2, 0) is 9.59 Å². The third kappa shape index (κ3) is 5.25. The number of aliphatic carboxylic acids is 1. The van der Waals surface area contributed by atoms with Gasteiger partial charge in [-0.05, 0) is 48.2 Å². The molecule has 1 amide bonds. The average Bonchev–Trinajstić information content (AvgIpc) is 3.65.